The van der Waals surface area contributed by atoms with Gasteiger partial charge in [-0.05, 0) is 124 Å². The van der Waals surface area contributed by atoms with Crippen LogP contribution in [0.4, 0.5) is 8.78 Å². The third kappa shape index (κ3) is 8.63. The van der Waals surface area contributed by atoms with Crippen LogP contribution in [-0.2, 0) is 17.8 Å². The van der Waals surface area contributed by atoms with Crippen LogP contribution in [0.3, 0.4) is 0 Å². The lowest BCUT2D eigenvalue weighted by atomic mass is 9.77. The second-order valence-electron chi connectivity index (χ2n) is 11.6. The van der Waals surface area contributed by atoms with Crippen LogP contribution in [0.5, 0.6) is 0 Å². The van der Waals surface area contributed by atoms with Gasteiger partial charge in [-0.2, -0.15) is 8.78 Å². The van der Waals surface area contributed by atoms with Crippen molar-refractivity contribution >= 4 is 0 Å². The summed E-state index contributed by atoms with van der Waals surface area (Å²) in [5, 5.41) is 0. The highest BCUT2D eigenvalue weighted by molar-refractivity contribution is 5.27. The van der Waals surface area contributed by atoms with E-state index in [2.05, 4.69) is 50.3 Å². The summed E-state index contributed by atoms with van der Waals surface area (Å²) in [6, 6.07) is 16.0. The van der Waals surface area contributed by atoms with Crippen molar-refractivity contribution in [3.8, 4) is 0 Å². The molecule has 0 aliphatic heterocycles. The normalized spacial score (nSPS) is 24.8. The molecule has 38 heavy (non-hydrogen) atoms. The molecule has 0 aromatic heterocycles. The highest BCUT2D eigenvalue weighted by Gasteiger charge is 2.31. The second-order valence-corrected chi connectivity index (χ2v) is 11.6. The summed E-state index contributed by atoms with van der Waals surface area (Å²) in [7, 11) is 0. The highest BCUT2D eigenvalue weighted by atomic mass is 19.3. The minimum absolute atomic E-state index is 0.0709. The fourth-order valence-electron chi connectivity index (χ4n) is 6.47. The van der Waals surface area contributed by atoms with Gasteiger partial charge < -0.3 is 4.74 Å². The smallest absolute Gasteiger partial charge is 0.315 e. The van der Waals surface area contributed by atoms with Gasteiger partial charge in [0.1, 0.15) is 0 Å². The van der Waals surface area contributed by atoms with Crippen molar-refractivity contribution in [2.24, 2.45) is 11.8 Å². The first kappa shape index (κ1) is 28.7. The average molecular weight is 521 g/mol. The molecular weight excluding hydrogens is 474 g/mol. The quantitative estimate of drug-likeness (QED) is 0.268. The maximum Gasteiger partial charge on any atom is 0.360 e. The summed E-state index contributed by atoms with van der Waals surface area (Å²) in [5.41, 5.74) is 4.04. The lowest BCUT2D eigenvalue weighted by Crippen LogP contribution is -2.23. The Balaban J connectivity index is 1.21. The molecule has 0 spiro atoms. The van der Waals surface area contributed by atoms with E-state index in [0.29, 0.717) is 23.3 Å². The Morgan fingerprint density at radius 3 is 1.84 bits per heavy atom. The molecule has 0 heterocycles. The molecule has 0 unspecified atom stereocenters. The topological polar surface area (TPSA) is 9.23 Å². The fourth-order valence-corrected chi connectivity index (χ4v) is 6.47. The van der Waals surface area contributed by atoms with E-state index < -0.39 is 12.5 Å². The Hall–Kier alpha value is -2.26. The van der Waals surface area contributed by atoms with Crippen molar-refractivity contribution in [3.05, 3.63) is 95.1 Å². The van der Waals surface area contributed by atoms with E-state index in [1.54, 1.807) is 0 Å². The first-order valence-corrected chi connectivity index (χ1v) is 14.9. The van der Waals surface area contributed by atoms with E-state index in [9.17, 15) is 8.78 Å². The third-order valence-electron chi connectivity index (χ3n) is 8.82. The number of hydrogen-bond donors (Lipinski definition) is 0. The summed E-state index contributed by atoms with van der Waals surface area (Å²) >= 11 is 0. The molecule has 0 bridgehead atoms. The molecule has 0 radical (unpaired) electrons. The van der Waals surface area contributed by atoms with Crippen molar-refractivity contribution < 1.29 is 13.5 Å². The molecule has 2 aromatic carbocycles. The van der Waals surface area contributed by atoms with Gasteiger partial charge in [0.15, 0.2) is 0 Å². The minimum Gasteiger partial charge on any atom is -0.315 e. The Morgan fingerprint density at radius 1 is 0.737 bits per heavy atom. The standard InChI is InChI=1S/C35H46F2O/c1-3-5-6-8-28-11-19-32(20-12-28)34-23-15-30(16-24-34)26-38-35(36,37)25-29-13-21-33(22-14-29)31-17-9-27(7-4-2)10-18-31/h3-5,7,13-16,21-24,27-28,31-32H,6,8-12,17-20,25-26H2,1-2H3. The predicted octanol–water partition coefficient (Wildman–Crippen LogP) is 10.5. The van der Waals surface area contributed by atoms with Gasteiger partial charge in [-0.3, -0.25) is 0 Å². The van der Waals surface area contributed by atoms with Crippen LogP contribution in [-0.4, -0.2) is 6.11 Å². The number of ether oxygens (including phenoxy) is 1. The Kier molecular flexibility index (Phi) is 10.8. The molecule has 0 atom stereocenters. The molecule has 0 amide bonds. The molecular formula is C35H46F2O. The molecule has 0 saturated heterocycles. The number of allylic oxidation sites excluding steroid dienone is 4. The van der Waals surface area contributed by atoms with Gasteiger partial charge in [0.25, 0.3) is 0 Å². The Bertz CT molecular complexity index is 1000. The van der Waals surface area contributed by atoms with Gasteiger partial charge in [-0.1, -0.05) is 72.8 Å². The maximum absolute atomic E-state index is 14.7. The van der Waals surface area contributed by atoms with E-state index >= 15 is 0 Å². The molecule has 2 aliphatic rings. The zero-order valence-electron chi connectivity index (χ0n) is 23.4. The SMILES string of the molecule is CC=CCCC1CCC(c2ccc(COC(F)(F)Cc3ccc(C4CCC(C=CC)CC4)cc3)cc2)CC1. The zero-order chi connectivity index (χ0) is 26.8. The van der Waals surface area contributed by atoms with Gasteiger partial charge in [-0.25, -0.2) is 0 Å². The first-order chi connectivity index (χ1) is 18.5. The van der Waals surface area contributed by atoms with Gasteiger partial charge in [0.2, 0.25) is 0 Å². The second kappa shape index (κ2) is 14.2. The zero-order valence-corrected chi connectivity index (χ0v) is 23.4. The van der Waals surface area contributed by atoms with Crippen LogP contribution in [0.1, 0.15) is 112 Å². The van der Waals surface area contributed by atoms with E-state index in [1.165, 1.54) is 75.3 Å². The molecule has 2 fully saturated rings. The third-order valence-corrected chi connectivity index (χ3v) is 8.82. The highest BCUT2D eigenvalue weighted by Crippen LogP contribution is 2.38. The summed E-state index contributed by atoms with van der Waals surface area (Å²) in [5.74, 6) is 2.68. The fraction of sp³-hybridized carbons (Fsp3) is 0.543. The predicted molar refractivity (Wildman–Crippen MR) is 155 cm³/mol. The van der Waals surface area contributed by atoms with Gasteiger partial charge in [0.05, 0.1) is 13.0 Å². The average Bonchev–Trinajstić information content (AvgIpc) is 2.94. The van der Waals surface area contributed by atoms with Gasteiger partial charge >= 0.3 is 6.11 Å². The largest absolute Gasteiger partial charge is 0.360 e. The van der Waals surface area contributed by atoms with E-state index in [0.717, 1.165) is 11.5 Å². The molecule has 0 N–H and O–H groups in total. The van der Waals surface area contributed by atoms with Crippen LogP contribution >= 0.6 is 0 Å². The molecule has 4 rings (SSSR count). The van der Waals surface area contributed by atoms with Gasteiger partial charge in [-0.15, -0.1) is 0 Å². The van der Waals surface area contributed by atoms with Crippen molar-refractivity contribution in [3.63, 3.8) is 0 Å². The van der Waals surface area contributed by atoms with Crippen LogP contribution in [0.2, 0.25) is 0 Å². The van der Waals surface area contributed by atoms with E-state index in [1.807, 2.05) is 36.4 Å². The number of hydrogen-bond acceptors (Lipinski definition) is 1. The van der Waals surface area contributed by atoms with E-state index in [-0.39, 0.29) is 6.61 Å². The van der Waals surface area contributed by atoms with Crippen molar-refractivity contribution in [1.29, 1.82) is 0 Å². The Morgan fingerprint density at radius 2 is 1.29 bits per heavy atom. The first-order valence-electron chi connectivity index (χ1n) is 14.9. The molecule has 1 nitrogen and oxygen atoms in total. The number of halogens is 2. The summed E-state index contributed by atoms with van der Waals surface area (Å²) < 4.78 is 34.4. The minimum atomic E-state index is -3.18. The summed E-state index contributed by atoms with van der Waals surface area (Å²) in [6.45, 7) is 4.10. The van der Waals surface area contributed by atoms with Gasteiger partial charge in [0, 0.05) is 0 Å². The summed E-state index contributed by atoms with van der Waals surface area (Å²) in [6.07, 6.45) is 17.6. The van der Waals surface area contributed by atoms with Crippen LogP contribution in [0, 0.1) is 11.8 Å². The van der Waals surface area contributed by atoms with Crippen LogP contribution in [0.25, 0.3) is 0 Å². The molecule has 3 heteroatoms. The lowest BCUT2D eigenvalue weighted by Gasteiger charge is -2.28. The lowest BCUT2D eigenvalue weighted by molar-refractivity contribution is -0.244. The van der Waals surface area contributed by atoms with E-state index in [4.69, 9.17) is 4.74 Å². The molecule has 206 valence electrons. The molecule has 2 aliphatic carbocycles. The Labute approximate surface area is 229 Å². The number of alkyl halides is 2. The maximum atomic E-state index is 14.7. The van der Waals surface area contributed by atoms with Crippen molar-refractivity contribution in [2.45, 2.75) is 109 Å². The van der Waals surface area contributed by atoms with Crippen LogP contribution < -0.4 is 0 Å². The number of benzene rings is 2. The molecule has 2 aromatic rings. The van der Waals surface area contributed by atoms with Crippen LogP contribution in [0.15, 0.2) is 72.8 Å². The molecule has 2 saturated carbocycles. The van der Waals surface area contributed by atoms with Crippen molar-refractivity contribution in [1.82, 2.24) is 0 Å². The summed E-state index contributed by atoms with van der Waals surface area (Å²) in [4.78, 5) is 0. The monoisotopic (exact) mass is 520 g/mol. The van der Waals surface area contributed by atoms with Crippen molar-refractivity contribution in [2.75, 3.05) is 0 Å². The number of rotatable bonds is 11.